The minimum atomic E-state index is -0.151. The average Bonchev–Trinajstić information content (AvgIpc) is 2.99. The van der Waals surface area contributed by atoms with Gasteiger partial charge in [-0.15, -0.1) is 0 Å². The van der Waals surface area contributed by atoms with E-state index in [0.29, 0.717) is 17.6 Å². The number of carbonyl (C=O) groups is 1. The van der Waals surface area contributed by atoms with Crippen molar-refractivity contribution in [3.05, 3.63) is 59.4 Å². The molecule has 2 aromatic rings. The first-order valence-corrected chi connectivity index (χ1v) is 7.53. The Bertz CT molecular complexity index is 836. The number of phenols is 1. The van der Waals surface area contributed by atoms with E-state index in [4.69, 9.17) is 0 Å². The van der Waals surface area contributed by atoms with Crippen molar-refractivity contribution < 1.29 is 9.90 Å². The molecule has 0 radical (unpaired) electrons. The van der Waals surface area contributed by atoms with Crippen LogP contribution in [-0.4, -0.2) is 27.4 Å². The molecule has 0 saturated carbocycles. The molecule has 22 heavy (non-hydrogen) atoms. The molecule has 4 rings (SSSR count). The van der Waals surface area contributed by atoms with Gasteiger partial charge in [0.05, 0.1) is 5.56 Å². The zero-order chi connectivity index (χ0) is 15.1. The highest BCUT2D eigenvalue weighted by atomic mass is 16.3. The maximum atomic E-state index is 12.8. The van der Waals surface area contributed by atoms with Crippen LogP contribution in [0, 0.1) is 0 Å². The van der Waals surface area contributed by atoms with E-state index in [0.717, 1.165) is 30.3 Å². The molecular weight excluding hydrogens is 276 g/mol. The van der Waals surface area contributed by atoms with Gasteiger partial charge in [0.25, 0.3) is 5.91 Å². The van der Waals surface area contributed by atoms with E-state index in [2.05, 4.69) is 11.1 Å². The Balaban J connectivity index is 1.76. The number of phenolic OH excluding ortho intramolecular Hbond substituents is 1. The van der Waals surface area contributed by atoms with Gasteiger partial charge in [-0.2, -0.15) is 0 Å². The van der Waals surface area contributed by atoms with Crippen molar-refractivity contribution in [2.45, 2.75) is 19.3 Å². The second kappa shape index (κ2) is 4.98. The van der Waals surface area contributed by atoms with E-state index >= 15 is 0 Å². The molecule has 1 N–H and O–H groups in total. The van der Waals surface area contributed by atoms with Crippen LogP contribution in [0.15, 0.2) is 53.9 Å². The van der Waals surface area contributed by atoms with E-state index in [1.807, 2.05) is 24.3 Å². The van der Waals surface area contributed by atoms with Crippen molar-refractivity contribution in [1.82, 2.24) is 9.88 Å². The van der Waals surface area contributed by atoms with Gasteiger partial charge in [0, 0.05) is 23.8 Å². The van der Waals surface area contributed by atoms with Gasteiger partial charge in [-0.05, 0) is 43.0 Å². The fourth-order valence-corrected chi connectivity index (χ4v) is 3.26. The molecule has 1 aromatic carbocycles. The van der Waals surface area contributed by atoms with Crippen molar-refractivity contribution in [3.63, 3.8) is 0 Å². The monoisotopic (exact) mass is 292 g/mol. The highest BCUT2D eigenvalue weighted by Crippen LogP contribution is 2.34. The van der Waals surface area contributed by atoms with Gasteiger partial charge in [-0.25, -0.2) is 0 Å². The summed E-state index contributed by atoms with van der Waals surface area (Å²) in [6, 6.07) is 7.20. The maximum Gasteiger partial charge on any atom is 0.262 e. The molecule has 1 aliphatic carbocycles. The van der Waals surface area contributed by atoms with Crippen molar-refractivity contribution in [2.75, 3.05) is 6.54 Å². The molecule has 1 aliphatic heterocycles. The molecule has 110 valence electrons. The van der Waals surface area contributed by atoms with Crippen molar-refractivity contribution >= 4 is 16.8 Å². The molecular formula is C18H16N2O2. The molecule has 4 nitrogen and oxygen atoms in total. The summed E-state index contributed by atoms with van der Waals surface area (Å²) in [4.78, 5) is 18.8. The van der Waals surface area contributed by atoms with Crippen LogP contribution in [0.1, 0.15) is 29.6 Å². The van der Waals surface area contributed by atoms with E-state index in [9.17, 15) is 9.90 Å². The van der Waals surface area contributed by atoms with Gasteiger partial charge in [0.15, 0.2) is 5.75 Å². The first-order valence-electron chi connectivity index (χ1n) is 7.53. The summed E-state index contributed by atoms with van der Waals surface area (Å²) in [5.41, 5.74) is 3.14. The lowest BCUT2D eigenvalue weighted by molar-refractivity contribution is 0.0820. The summed E-state index contributed by atoms with van der Waals surface area (Å²) in [5, 5.41) is 11.3. The zero-order valence-corrected chi connectivity index (χ0v) is 12.1. The van der Waals surface area contributed by atoms with Crippen molar-refractivity contribution in [3.8, 4) is 5.75 Å². The number of nitrogens with zero attached hydrogens (tertiary/aromatic N) is 2. The molecule has 0 bridgehead atoms. The molecule has 2 aliphatic rings. The number of benzene rings is 1. The predicted molar refractivity (Wildman–Crippen MR) is 84.5 cm³/mol. The van der Waals surface area contributed by atoms with E-state index in [-0.39, 0.29) is 11.7 Å². The standard InChI is InChI=1S/C18H16N2O2/c21-17-14(8-7-13-5-3-10-19-16(13)17)18(22)20-11-9-12-4-1-2-6-15(12)20/h2-3,5-8,10,21H,1,4,9,11H2. The lowest BCUT2D eigenvalue weighted by Crippen LogP contribution is -2.27. The third-order valence-electron chi connectivity index (χ3n) is 4.40. The van der Waals surface area contributed by atoms with Gasteiger partial charge in [-0.3, -0.25) is 9.78 Å². The van der Waals surface area contributed by atoms with E-state index < -0.39 is 0 Å². The zero-order valence-electron chi connectivity index (χ0n) is 12.1. The smallest absolute Gasteiger partial charge is 0.262 e. The number of hydrogen-bond donors (Lipinski definition) is 1. The normalized spacial score (nSPS) is 17.2. The Morgan fingerprint density at radius 1 is 1.23 bits per heavy atom. The third-order valence-corrected chi connectivity index (χ3v) is 4.40. The van der Waals surface area contributed by atoms with Crippen LogP contribution in [0.25, 0.3) is 10.9 Å². The Hall–Kier alpha value is -2.62. The van der Waals surface area contributed by atoms with Crippen LogP contribution in [0.2, 0.25) is 0 Å². The van der Waals surface area contributed by atoms with E-state index in [1.165, 1.54) is 5.57 Å². The Morgan fingerprint density at radius 2 is 2.14 bits per heavy atom. The number of aromatic hydroxyl groups is 1. The van der Waals surface area contributed by atoms with Crippen molar-refractivity contribution in [2.24, 2.45) is 0 Å². The number of fused-ring (bicyclic) bond motifs is 1. The molecule has 0 fully saturated rings. The summed E-state index contributed by atoms with van der Waals surface area (Å²) in [7, 11) is 0. The number of rotatable bonds is 1. The van der Waals surface area contributed by atoms with E-state index in [1.54, 1.807) is 17.2 Å². The molecule has 0 atom stereocenters. The van der Waals surface area contributed by atoms with Gasteiger partial charge in [-0.1, -0.05) is 18.2 Å². The summed E-state index contributed by atoms with van der Waals surface area (Å²) in [5.74, 6) is -0.182. The van der Waals surface area contributed by atoms with Crippen LogP contribution in [-0.2, 0) is 0 Å². The van der Waals surface area contributed by atoms with Crippen molar-refractivity contribution in [1.29, 1.82) is 0 Å². The number of hydrogen-bond acceptors (Lipinski definition) is 3. The van der Waals surface area contributed by atoms with Gasteiger partial charge < -0.3 is 10.0 Å². The Morgan fingerprint density at radius 3 is 3.05 bits per heavy atom. The first kappa shape index (κ1) is 13.1. The summed E-state index contributed by atoms with van der Waals surface area (Å²) in [6.07, 6.45) is 8.76. The molecule has 2 heterocycles. The van der Waals surface area contributed by atoms with Crippen LogP contribution < -0.4 is 0 Å². The number of amides is 1. The first-order chi connectivity index (χ1) is 10.8. The quantitative estimate of drug-likeness (QED) is 0.876. The lowest BCUT2D eigenvalue weighted by atomic mass is 10.0. The lowest BCUT2D eigenvalue weighted by Gasteiger charge is -2.20. The molecule has 0 unspecified atom stereocenters. The fraction of sp³-hybridized carbons (Fsp3) is 0.222. The topological polar surface area (TPSA) is 53.4 Å². The predicted octanol–water partition coefficient (Wildman–Crippen LogP) is 3.39. The molecule has 4 heteroatoms. The van der Waals surface area contributed by atoms with Crippen LogP contribution in [0.4, 0.5) is 0 Å². The molecule has 1 amide bonds. The Kier molecular flexibility index (Phi) is 2.96. The minimum absolute atomic E-state index is 0.0306. The van der Waals surface area contributed by atoms with Gasteiger partial charge >= 0.3 is 0 Å². The second-order valence-electron chi connectivity index (χ2n) is 5.67. The summed E-state index contributed by atoms with van der Waals surface area (Å²) < 4.78 is 0. The highest BCUT2D eigenvalue weighted by molar-refractivity contribution is 6.03. The molecule has 1 aromatic heterocycles. The SMILES string of the molecule is O=C(c1ccc2cccnc2c1O)N1CCC2=C1C=CCC2. The number of aromatic nitrogens is 1. The van der Waals surface area contributed by atoms with Crippen LogP contribution in [0.3, 0.4) is 0 Å². The second-order valence-corrected chi connectivity index (χ2v) is 5.67. The number of allylic oxidation sites excluding steroid dienone is 2. The summed E-state index contributed by atoms with van der Waals surface area (Å²) in [6.45, 7) is 0.688. The third kappa shape index (κ3) is 1.91. The minimum Gasteiger partial charge on any atom is -0.505 e. The van der Waals surface area contributed by atoms with Gasteiger partial charge in [0.1, 0.15) is 5.52 Å². The average molecular weight is 292 g/mol. The number of pyridine rings is 1. The molecule has 0 saturated heterocycles. The maximum absolute atomic E-state index is 12.8. The highest BCUT2D eigenvalue weighted by Gasteiger charge is 2.29. The number of carbonyl (C=O) groups excluding carboxylic acids is 1. The van der Waals surface area contributed by atoms with Crippen LogP contribution in [0.5, 0.6) is 5.75 Å². The summed E-state index contributed by atoms with van der Waals surface area (Å²) >= 11 is 0. The molecule has 0 spiro atoms. The van der Waals surface area contributed by atoms with Crippen LogP contribution >= 0.6 is 0 Å². The largest absolute Gasteiger partial charge is 0.505 e. The fourth-order valence-electron chi connectivity index (χ4n) is 3.26. The van der Waals surface area contributed by atoms with Gasteiger partial charge in [0.2, 0.25) is 0 Å². The Labute approximate surface area is 128 Å².